The van der Waals surface area contributed by atoms with Gasteiger partial charge in [-0.25, -0.2) is 0 Å². The zero-order valence-corrected chi connectivity index (χ0v) is 12.8. The number of hydrogen-bond acceptors (Lipinski definition) is 4. The van der Waals surface area contributed by atoms with Crippen molar-refractivity contribution >= 4 is 27.8 Å². The molecule has 1 fully saturated rings. The molecule has 20 heavy (non-hydrogen) atoms. The molecule has 0 aromatic heterocycles. The summed E-state index contributed by atoms with van der Waals surface area (Å²) in [6.07, 6.45) is 0.685. The monoisotopic (exact) mass is 340 g/mol. The van der Waals surface area contributed by atoms with Crippen LogP contribution in [0.3, 0.4) is 0 Å². The number of carbonyl (C=O) groups is 2. The van der Waals surface area contributed by atoms with Crippen molar-refractivity contribution in [2.75, 3.05) is 20.2 Å². The van der Waals surface area contributed by atoms with E-state index in [9.17, 15) is 9.59 Å². The quantitative estimate of drug-likeness (QED) is 0.842. The molecular weight excluding hydrogens is 324 g/mol. The fraction of sp³-hybridized carbons (Fsp3) is 0.429. The zero-order valence-electron chi connectivity index (χ0n) is 11.2. The van der Waals surface area contributed by atoms with Gasteiger partial charge in [0.15, 0.2) is 0 Å². The molecule has 108 valence electrons. The third kappa shape index (κ3) is 3.19. The summed E-state index contributed by atoms with van der Waals surface area (Å²) in [5.41, 5.74) is 6.37. The van der Waals surface area contributed by atoms with Gasteiger partial charge in [0.1, 0.15) is 6.04 Å². The molecule has 0 radical (unpaired) electrons. The number of methoxy groups -OCH3 is 1. The molecule has 2 rings (SSSR count). The first-order valence-electron chi connectivity index (χ1n) is 6.39. The number of primary amides is 1. The molecule has 1 aliphatic heterocycles. The van der Waals surface area contributed by atoms with Gasteiger partial charge < -0.3 is 10.5 Å². The predicted molar refractivity (Wildman–Crippen MR) is 77.8 cm³/mol. The van der Waals surface area contributed by atoms with E-state index in [4.69, 9.17) is 10.5 Å². The molecule has 5 nitrogen and oxygen atoms in total. The highest BCUT2D eigenvalue weighted by Crippen LogP contribution is 2.29. The van der Waals surface area contributed by atoms with Crippen molar-refractivity contribution < 1.29 is 14.3 Å². The highest BCUT2D eigenvalue weighted by Gasteiger charge is 2.35. The van der Waals surface area contributed by atoms with Gasteiger partial charge in [-0.1, -0.05) is 28.1 Å². The van der Waals surface area contributed by atoms with Gasteiger partial charge in [0.2, 0.25) is 5.91 Å². The van der Waals surface area contributed by atoms with Gasteiger partial charge in [0, 0.05) is 17.6 Å². The average molecular weight is 341 g/mol. The van der Waals surface area contributed by atoms with Gasteiger partial charge in [0.25, 0.3) is 0 Å². The van der Waals surface area contributed by atoms with E-state index in [0.29, 0.717) is 19.5 Å². The molecule has 1 aliphatic rings. The standard InChI is InChI=1S/C14H17BrN2O3/c1-20-14(19)10-5-6-17(8-10)12(13(16)18)9-3-2-4-11(15)7-9/h2-4,7,10,12H,5-6,8H2,1H3,(H2,16,18)/t10-,12+/m1/s1. The number of amides is 1. The summed E-state index contributed by atoms with van der Waals surface area (Å²) in [5, 5.41) is 0. The average Bonchev–Trinajstić information content (AvgIpc) is 2.87. The van der Waals surface area contributed by atoms with Crippen molar-refractivity contribution in [3.05, 3.63) is 34.3 Å². The maximum Gasteiger partial charge on any atom is 0.310 e. The van der Waals surface area contributed by atoms with Crippen LogP contribution in [0.2, 0.25) is 0 Å². The van der Waals surface area contributed by atoms with Gasteiger partial charge in [-0.3, -0.25) is 14.5 Å². The first-order valence-corrected chi connectivity index (χ1v) is 7.19. The lowest BCUT2D eigenvalue weighted by atomic mass is 10.0. The number of rotatable bonds is 4. The first-order chi connectivity index (χ1) is 9.52. The molecule has 1 heterocycles. The Morgan fingerprint density at radius 2 is 2.25 bits per heavy atom. The molecule has 2 atom stereocenters. The number of halogens is 1. The van der Waals surface area contributed by atoms with Crippen LogP contribution in [0.25, 0.3) is 0 Å². The van der Waals surface area contributed by atoms with Crippen LogP contribution in [0, 0.1) is 5.92 Å². The second-order valence-corrected chi connectivity index (χ2v) is 5.78. The lowest BCUT2D eigenvalue weighted by Gasteiger charge is -2.25. The van der Waals surface area contributed by atoms with Crippen molar-refractivity contribution in [2.45, 2.75) is 12.5 Å². The predicted octanol–water partition coefficient (Wildman–Crippen LogP) is 1.47. The highest BCUT2D eigenvalue weighted by molar-refractivity contribution is 9.10. The van der Waals surface area contributed by atoms with Crippen molar-refractivity contribution in [1.82, 2.24) is 4.90 Å². The number of ether oxygens (including phenoxy) is 1. The minimum atomic E-state index is -0.512. The summed E-state index contributed by atoms with van der Waals surface area (Å²) < 4.78 is 5.65. The maximum atomic E-state index is 11.8. The second-order valence-electron chi connectivity index (χ2n) is 4.86. The number of hydrogen-bond donors (Lipinski definition) is 1. The second kappa shape index (κ2) is 6.37. The summed E-state index contributed by atoms with van der Waals surface area (Å²) in [5.74, 6) is -0.826. The van der Waals surface area contributed by atoms with Crippen LogP contribution in [-0.2, 0) is 14.3 Å². The minimum absolute atomic E-state index is 0.186. The number of nitrogens with zero attached hydrogens (tertiary/aromatic N) is 1. The van der Waals surface area contributed by atoms with Gasteiger partial charge >= 0.3 is 5.97 Å². The Balaban J connectivity index is 2.19. The Morgan fingerprint density at radius 1 is 1.50 bits per heavy atom. The van der Waals surface area contributed by atoms with Gasteiger partial charge in [-0.05, 0) is 24.1 Å². The fourth-order valence-electron chi connectivity index (χ4n) is 2.61. The van der Waals surface area contributed by atoms with E-state index in [0.717, 1.165) is 10.0 Å². The molecule has 0 spiro atoms. The van der Waals surface area contributed by atoms with Crippen LogP contribution in [0.1, 0.15) is 18.0 Å². The van der Waals surface area contributed by atoms with E-state index in [2.05, 4.69) is 15.9 Å². The summed E-state index contributed by atoms with van der Waals surface area (Å²) >= 11 is 3.39. The van der Waals surface area contributed by atoms with E-state index >= 15 is 0 Å². The van der Waals surface area contributed by atoms with E-state index in [-0.39, 0.29) is 11.9 Å². The van der Waals surface area contributed by atoms with Crippen molar-refractivity contribution in [1.29, 1.82) is 0 Å². The summed E-state index contributed by atoms with van der Waals surface area (Å²) in [7, 11) is 1.38. The molecule has 6 heteroatoms. The van der Waals surface area contributed by atoms with Crippen molar-refractivity contribution in [2.24, 2.45) is 11.7 Å². The topological polar surface area (TPSA) is 72.6 Å². The molecule has 0 saturated carbocycles. The molecular formula is C14H17BrN2O3. The smallest absolute Gasteiger partial charge is 0.310 e. The van der Waals surface area contributed by atoms with Crippen LogP contribution in [-0.4, -0.2) is 37.0 Å². The number of likely N-dealkylation sites (tertiary alicyclic amines) is 1. The largest absolute Gasteiger partial charge is 0.469 e. The number of carbonyl (C=O) groups excluding carboxylic acids is 2. The third-order valence-corrected chi connectivity index (χ3v) is 4.05. The summed E-state index contributed by atoms with van der Waals surface area (Å²) in [6, 6.07) is 6.99. The molecule has 1 aromatic carbocycles. The number of esters is 1. The van der Waals surface area contributed by atoms with Crippen LogP contribution in [0.5, 0.6) is 0 Å². The van der Waals surface area contributed by atoms with E-state index in [1.165, 1.54) is 7.11 Å². The molecule has 1 aromatic rings. The van der Waals surface area contributed by atoms with Gasteiger partial charge in [-0.15, -0.1) is 0 Å². The van der Waals surface area contributed by atoms with E-state index in [1.807, 2.05) is 29.2 Å². The maximum absolute atomic E-state index is 11.8. The van der Waals surface area contributed by atoms with Crippen molar-refractivity contribution in [3.63, 3.8) is 0 Å². The van der Waals surface area contributed by atoms with Crippen LogP contribution in [0.15, 0.2) is 28.7 Å². The Labute approximate surface area is 126 Å². The fourth-order valence-corrected chi connectivity index (χ4v) is 3.03. The molecule has 0 aliphatic carbocycles. The Kier molecular flexibility index (Phi) is 4.77. The Bertz CT molecular complexity index is 521. The Morgan fingerprint density at radius 3 is 2.85 bits per heavy atom. The summed E-state index contributed by atoms with van der Waals surface area (Å²) in [4.78, 5) is 25.3. The lowest BCUT2D eigenvalue weighted by molar-refractivity contribution is -0.145. The molecule has 1 amide bonds. The number of benzene rings is 1. The first kappa shape index (κ1) is 15.0. The van der Waals surface area contributed by atoms with Crippen LogP contribution in [0.4, 0.5) is 0 Å². The van der Waals surface area contributed by atoms with Crippen LogP contribution < -0.4 is 5.73 Å². The van der Waals surface area contributed by atoms with E-state index in [1.54, 1.807) is 0 Å². The highest BCUT2D eigenvalue weighted by atomic mass is 79.9. The van der Waals surface area contributed by atoms with Crippen LogP contribution >= 0.6 is 15.9 Å². The SMILES string of the molecule is COC(=O)[C@@H]1CCN([C@H](C(N)=O)c2cccc(Br)c2)C1. The minimum Gasteiger partial charge on any atom is -0.469 e. The van der Waals surface area contributed by atoms with E-state index < -0.39 is 11.9 Å². The van der Waals surface area contributed by atoms with Gasteiger partial charge in [-0.2, -0.15) is 0 Å². The van der Waals surface area contributed by atoms with Gasteiger partial charge in [0.05, 0.1) is 13.0 Å². The van der Waals surface area contributed by atoms with Crippen molar-refractivity contribution in [3.8, 4) is 0 Å². The molecule has 1 saturated heterocycles. The molecule has 0 bridgehead atoms. The molecule has 0 unspecified atom stereocenters. The summed E-state index contributed by atoms with van der Waals surface area (Å²) in [6.45, 7) is 1.15. The molecule has 2 N–H and O–H groups in total. The third-order valence-electron chi connectivity index (χ3n) is 3.55. The Hall–Kier alpha value is -1.40. The number of nitrogens with two attached hydrogens (primary N) is 1. The lowest BCUT2D eigenvalue weighted by Crippen LogP contribution is -2.37. The zero-order chi connectivity index (χ0) is 14.7. The normalized spacial score (nSPS) is 20.6.